The van der Waals surface area contributed by atoms with Crippen molar-refractivity contribution in [2.45, 2.75) is 25.8 Å². The molecule has 6 heteroatoms. The molecule has 0 aliphatic rings. The Balaban J connectivity index is 2.18. The van der Waals surface area contributed by atoms with Crippen LogP contribution >= 0.6 is 11.3 Å². The first-order valence-electron chi connectivity index (χ1n) is 6.46. The Bertz CT molecular complexity index is 655. The van der Waals surface area contributed by atoms with Crippen molar-refractivity contribution in [3.05, 3.63) is 46.7 Å². The summed E-state index contributed by atoms with van der Waals surface area (Å²) in [5, 5.41) is 11.6. The maximum atomic E-state index is 13.6. The summed E-state index contributed by atoms with van der Waals surface area (Å²) in [5.41, 5.74) is 0.0535. The summed E-state index contributed by atoms with van der Waals surface area (Å²) in [4.78, 5) is 17.4. The van der Waals surface area contributed by atoms with Crippen molar-refractivity contribution in [1.29, 1.82) is 0 Å². The highest BCUT2D eigenvalue weighted by Gasteiger charge is 2.32. The molecule has 0 radical (unpaired) electrons. The molecular formula is C15H17FN2O2S. The number of carboxylic acids is 1. The van der Waals surface area contributed by atoms with Crippen LogP contribution in [0.4, 0.5) is 9.52 Å². The third kappa shape index (κ3) is 3.21. The molecule has 0 unspecified atom stereocenters. The Labute approximate surface area is 126 Å². The van der Waals surface area contributed by atoms with Crippen molar-refractivity contribution in [2.75, 3.05) is 11.9 Å². The van der Waals surface area contributed by atoms with E-state index in [1.807, 2.05) is 11.9 Å². The highest BCUT2D eigenvalue weighted by Crippen LogP contribution is 2.29. The molecule has 2 aromatic rings. The Kier molecular flexibility index (Phi) is 4.27. The molecule has 0 aliphatic carbocycles. The van der Waals surface area contributed by atoms with Crippen LogP contribution in [0.1, 0.15) is 25.1 Å². The summed E-state index contributed by atoms with van der Waals surface area (Å²) in [7, 11) is 1.81. The SMILES string of the molecule is CN(Cc1ccccc1F)c1nc(C(C)(C)C(=O)O)cs1. The van der Waals surface area contributed by atoms with Crippen LogP contribution in [0.3, 0.4) is 0 Å². The van der Waals surface area contributed by atoms with Crippen LogP contribution in [0.2, 0.25) is 0 Å². The predicted octanol–water partition coefficient (Wildman–Crippen LogP) is 3.28. The number of nitrogens with zero attached hydrogens (tertiary/aromatic N) is 2. The van der Waals surface area contributed by atoms with E-state index in [-0.39, 0.29) is 5.82 Å². The summed E-state index contributed by atoms with van der Waals surface area (Å²) >= 11 is 1.36. The van der Waals surface area contributed by atoms with Gasteiger partial charge in [0, 0.05) is 24.5 Å². The van der Waals surface area contributed by atoms with Gasteiger partial charge in [-0.05, 0) is 19.9 Å². The lowest BCUT2D eigenvalue weighted by molar-refractivity contribution is -0.142. The number of carbonyl (C=O) groups is 1. The van der Waals surface area contributed by atoms with Crippen molar-refractivity contribution in [3.8, 4) is 0 Å². The largest absolute Gasteiger partial charge is 0.481 e. The third-order valence-corrected chi connectivity index (χ3v) is 4.31. The van der Waals surface area contributed by atoms with Gasteiger partial charge in [-0.15, -0.1) is 11.3 Å². The molecule has 0 spiro atoms. The standard InChI is InChI=1S/C15H17FN2O2S/c1-15(2,13(19)20)12-9-21-14(17-12)18(3)8-10-6-4-5-7-11(10)16/h4-7,9H,8H2,1-3H3,(H,19,20). The second-order valence-corrected chi connectivity index (χ2v) is 6.23. The lowest BCUT2D eigenvalue weighted by atomic mass is 9.90. The molecule has 0 aliphatic heterocycles. The Morgan fingerprint density at radius 2 is 2.10 bits per heavy atom. The van der Waals surface area contributed by atoms with E-state index < -0.39 is 11.4 Å². The van der Waals surface area contributed by atoms with Crippen LogP contribution in [0.25, 0.3) is 0 Å². The fourth-order valence-electron chi connectivity index (χ4n) is 1.79. The minimum Gasteiger partial charge on any atom is -0.481 e. The number of hydrogen-bond donors (Lipinski definition) is 1. The van der Waals surface area contributed by atoms with E-state index in [2.05, 4.69) is 4.98 Å². The number of halogens is 1. The molecule has 112 valence electrons. The number of rotatable bonds is 5. The first kappa shape index (κ1) is 15.4. The van der Waals surface area contributed by atoms with E-state index >= 15 is 0 Å². The van der Waals surface area contributed by atoms with E-state index in [1.54, 1.807) is 37.4 Å². The van der Waals surface area contributed by atoms with E-state index in [1.165, 1.54) is 17.4 Å². The molecule has 0 amide bonds. The maximum Gasteiger partial charge on any atom is 0.315 e. The summed E-state index contributed by atoms with van der Waals surface area (Å²) in [6.45, 7) is 3.61. The summed E-state index contributed by atoms with van der Waals surface area (Å²) < 4.78 is 13.6. The van der Waals surface area contributed by atoms with Crippen molar-refractivity contribution < 1.29 is 14.3 Å². The van der Waals surface area contributed by atoms with Gasteiger partial charge in [-0.25, -0.2) is 9.37 Å². The van der Waals surface area contributed by atoms with Gasteiger partial charge in [0.1, 0.15) is 11.2 Å². The van der Waals surface area contributed by atoms with Crippen LogP contribution in [0.15, 0.2) is 29.6 Å². The fraction of sp³-hybridized carbons (Fsp3) is 0.333. The van der Waals surface area contributed by atoms with Gasteiger partial charge in [-0.1, -0.05) is 18.2 Å². The van der Waals surface area contributed by atoms with Crippen LogP contribution in [-0.2, 0) is 16.8 Å². The Morgan fingerprint density at radius 1 is 1.43 bits per heavy atom. The molecule has 4 nitrogen and oxygen atoms in total. The van der Waals surface area contributed by atoms with Gasteiger partial charge in [0.05, 0.1) is 5.69 Å². The zero-order valence-electron chi connectivity index (χ0n) is 12.1. The number of aromatic nitrogens is 1. The van der Waals surface area contributed by atoms with Crippen LogP contribution in [-0.4, -0.2) is 23.1 Å². The Hall–Kier alpha value is -1.95. The predicted molar refractivity (Wildman–Crippen MR) is 81.3 cm³/mol. The quantitative estimate of drug-likeness (QED) is 0.921. The molecule has 1 heterocycles. The second-order valence-electron chi connectivity index (χ2n) is 5.39. The number of thiazole rings is 1. The van der Waals surface area contributed by atoms with Crippen molar-refractivity contribution in [3.63, 3.8) is 0 Å². The minimum atomic E-state index is -1.03. The average Bonchev–Trinajstić information content (AvgIpc) is 2.91. The van der Waals surface area contributed by atoms with E-state index in [0.717, 1.165) is 0 Å². The molecule has 0 saturated carbocycles. The molecule has 1 aromatic heterocycles. The number of carboxylic acid groups (broad SMARTS) is 1. The van der Waals surface area contributed by atoms with Gasteiger partial charge < -0.3 is 10.0 Å². The molecule has 1 aromatic carbocycles. The highest BCUT2D eigenvalue weighted by molar-refractivity contribution is 7.13. The smallest absolute Gasteiger partial charge is 0.315 e. The van der Waals surface area contributed by atoms with Gasteiger partial charge in [0.15, 0.2) is 5.13 Å². The fourth-order valence-corrected chi connectivity index (χ4v) is 2.75. The topological polar surface area (TPSA) is 53.4 Å². The molecule has 2 rings (SSSR count). The van der Waals surface area contributed by atoms with Gasteiger partial charge in [-0.2, -0.15) is 0 Å². The first-order valence-corrected chi connectivity index (χ1v) is 7.34. The van der Waals surface area contributed by atoms with E-state index in [9.17, 15) is 14.3 Å². The molecule has 1 N–H and O–H groups in total. The van der Waals surface area contributed by atoms with Crippen LogP contribution in [0, 0.1) is 5.82 Å². The first-order chi connectivity index (χ1) is 9.82. The van der Waals surface area contributed by atoms with Crippen molar-refractivity contribution >= 4 is 22.4 Å². The Morgan fingerprint density at radius 3 is 2.71 bits per heavy atom. The second kappa shape index (κ2) is 5.81. The van der Waals surface area contributed by atoms with Crippen molar-refractivity contribution in [1.82, 2.24) is 4.98 Å². The molecule has 0 saturated heterocycles. The van der Waals surface area contributed by atoms with E-state index in [0.29, 0.717) is 22.9 Å². The van der Waals surface area contributed by atoms with Gasteiger partial charge in [0.2, 0.25) is 0 Å². The van der Waals surface area contributed by atoms with Crippen LogP contribution in [0.5, 0.6) is 0 Å². The molecular weight excluding hydrogens is 291 g/mol. The molecule has 21 heavy (non-hydrogen) atoms. The minimum absolute atomic E-state index is 0.257. The summed E-state index contributed by atoms with van der Waals surface area (Å²) in [6.07, 6.45) is 0. The average molecular weight is 308 g/mol. The van der Waals surface area contributed by atoms with Crippen molar-refractivity contribution in [2.24, 2.45) is 0 Å². The summed E-state index contributed by atoms with van der Waals surface area (Å²) in [6, 6.07) is 6.58. The lowest BCUT2D eigenvalue weighted by Crippen LogP contribution is -2.29. The van der Waals surface area contributed by atoms with Crippen LogP contribution < -0.4 is 4.90 Å². The number of hydrogen-bond acceptors (Lipinski definition) is 4. The monoisotopic (exact) mass is 308 g/mol. The zero-order valence-corrected chi connectivity index (χ0v) is 12.9. The number of aliphatic carboxylic acids is 1. The number of anilines is 1. The van der Waals surface area contributed by atoms with Gasteiger partial charge in [-0.3, -0.25) is 4.79 Å². The van der Waals surface area contributed by atoms with Gasteiger partial charge in [0.25, 0.3) is 0 Å². The zero-order chi connectivity index (χ0) is 15.6. The third-order valence-electron chi connectivity index (χ3n) is 3.36. The summed E-state index contributed by atoms with van der Waals surface area (Å²) in [5.74, 6) is -1.18. The molecule has 0 fully saturated rings. The molecule has 0 bridgehead atoms. The normalized spacial score (nSPS) is 11.4. The van der Waals surface area contributed by atoms with E-state index in [4.69, 9.17) is 0 Å². The number of benzene rings is 1. The lowest BCUT2D eigenvalue weighted by Gasteiger charge is -2.18. The highest BCUT2D eigenvalue weighted by atomic mass is 32.1. The van der Waals surface area contributed by atoms with Gasteiger partial charge >= 0.3 is 5.97 Å². The maximum absolute atomic E-state index is 13.6. The molecule has 0 atom stereocenters.